The monoisotopic (exact) mass is 279 g/mol. The lowest BCUT2D eigenvalue weighted by molar-refractivity contribution is 0.628. The van der Waals surface area contributed by atoms with Gasteiger partial charge >= 0.3 is 0 Å². The summed E-state index contributed by atoms with van der Waals surface area (Å²) in [4.78, 5) is 13.2. The Labute approximate surface area is 122 Å². The Bertz CT molecular complexity index is 782. The molecule has 2 heterocycles. The lowest BCUT2D eigenvalue weighted by Crippen LogP contribution is -1.97. The van der Waals surface area contributed by atoms with Crippen LogP contribution in [0.2, 0.25) is 0 Å². The molecule has 0 atom stereocenters. The van der Waals surface area contributed by atoms with Crippen LogP contribution < -0.4 is 0 Å². The third kappa shape index (κ3) is 2.79. The Morgan fingerprint density at radius 3 is 2.62 bits per heavy atom. The van der Waals surface area contributed by atoms with Crippen molar-refractivity contribution < 1.29 is 4.39 Å². The number of fused-ring (bicyclic) bond motifs is 1. The van der Waals surface area contributed by atoms with Crippen molar-refractivity contribution in [2.75, 3.05) is 0 Å². The van der Waals surface area contributed by atoms with Crippen molar-refractivity contribution in [3.8, 4) is 11.3 Å². The van der Waals surface area contributed by atoms with E-state index in [1.54, 1.807) is 18.5 Å². The van der Waals surface area contributed by atoms with Crippen molar-refractivity contribution in [1.29, 1.82) is 0 Å². The highest BCUT2D eigenvalue weighted by Crippen LogP contribution is 2.22. The highest BCUT2D eigenvalue weighted by molar-refractivity contribution is 5.79. The van der Waals surface area contributed by atoms with Gasteiger partial charge in [-0.2, -0.15) is 0 Å². The zero-order valence-electron chi connectivity index (χ0n) is 11.5. The Kier molecular flexibility index (Phi) is 3.69. The van der Waals surface area contributed by atoms with Crippen LogP contribution >= 0.6 is 0 Å². The van der Waals surface area contributed by atoms with Gasteiger partial charge in [-0.05, 0) is 49.2 Å². The van der Waals surface area contributed by atoms with Crippen molar-refractivity contribution >= 4 is 11.0 Å². The van der Waals surface area contributed by atoms with Crippen molar-refractivity contribution in [1.82, 2.24) is 15.0 Å². The quantitative estimate of drug-likeness (QED) is 0.679. The summed E-state index contributed by atoms with van der Waals surface area (Å²) in [5.41, 5.74) is 4.17. The van der Waals surface area contributed by atoms with Crippen LogP contribution in [-0.2, 0) is 6.42 Å². The number of halogens is 1. The molecule has 0 unspecified atom stereocenters. The molecule has 104 valence electrons. The van der Waals surface area contributed by atoms with Gasteiger partial charge in [0.2, 0.25) is 0 Å². The molecule has 0 bridgehead atoms. The molecule has 2 aromatic heterocycles. The maximum atomic E-state index is 13.0. The lowest BCUT2D eigenvalue weighted by atomic mass is 10.1. The van der Waals surface area contributed by atoms with Gasteiger partial charge in [0.25, 0.3) is 0 Å². The molecule has 0 aliphatic carbocycles. The molecule has 3 rings (SSSR count). The number of benzene rings is 1. The molecule has 4 heteroatoms. The van der Waals surface area contributed by atoms with Crippen LogP contribution in [0.25, 0.3) is 22.3 Å². The smallest absolute Gasteiger partial charge is 0.123 e. The number of aryl methyl sites for hydroxylation is 1. The van der Waals surface area contributed by atoms with E-state index in [4.69, 9.17) is 0 Å². The number of pyridine rings is 1. The van der Waals surface area contributed by atoms with Crippen LogP contribution in [0.15, 0.2) is 55.4 Å². The van der Waals surface area contributed by atoms with Gasteiger partial charge in [-0.15, -0.1) is 6.58 Å². The normalized spacial score (nSPS) is 10.7. The second kappa shape index (κ2) is 5.79. The fourth-order valence-electron chi connectivity index (χ4n) is 2.19. The van der Waals surface area contributed by atoms with E-state index in [0.29, 0.717) is 0 Å². The summed E-state index contributed by atoms with van der Waals surface area (Å²) in [6, 6.07) is 10.1. The van der Waals surface area contributed by atoms with Crippen LogP contribution in [0.5, 0.6) is 0 Å². The molecular formula is C17H14FN3. The van der Waals surface area contributed by atoms with E-state index in [2.05, 4.69) is 21.5 Å². The van der Waals surface area contributed by atoms with Crippen LogP contribution in [0.1, 0.15) is 12.1 Å². The van der Waals surface area contributed by atoms with E-state index in [9.17, 15) is 4.39 Å². The minimum absolute atomic E-state index is 0.255. The van der Waals surface area contributed by atoms with E-state index < -0.39 is 0 Å². The standard InChI is InChI=1S/C17H14FN3/c1-2-3-4-15-17-16(20-11-19-15)10-9-14(21-17)12-5-7-13(18)8-6-12/h2,5-11H,1,3-4H2. The first-order valence-electron chi connectivity index (χ1n) is 6.75. The fourth-order valence-corrected chi connectivity index (χ4v) is 2.19. The van der Waals surface area contributed by atoms with Crippen LogP contribution in [0.4, 0.5) is 4.39 Å². The second-order valence-electron chi connectivity index (χ2n) is 4.72. The molecule has 0 spiro atoms. The van der Waals surface area contributed by atoms with Crippen LogP contribution in [0, 0.1) is 5.82 Å². The van der Waals surface area contributed by atoms with E-state index in [1.807, 2.05) is 18.2 Å². The maximum absolute atomic E-state index is 13.0. The Hall–Kier alpha value is -2.62. The molecule has 0 aliphatic heterocycles. The molecule has 0 aliphatic rings. The zero-order valence-corrected chi connectivity index (χ0v) is 11.5. The molecule has 0 saturated heterocycles. The molecule has 21 heavy (non-hydrogen) atoms. The molecule has 3 aromatic rings. The van der Waals surface area contributed by atoms with Gasteiger partial charge in [-0.3, -0.25) is 0 Å². The summed E-state index contributed by atoms with van der Waals surface area (Å²) >= 11 is 0. The van der Waals surface area contributed by atoms with Gasteiger partial charge in [-0.25, -0.2) is 19.3 Å². The molecule has 1 aromatic carbocycles. The predicted molar refractivity (Wildman–Crippen MR) is 81.2 cm³/mol. The Balaban J connectivity index is 2.09. The summed E-state index contributed by atoms with van der Waals surface area (Å²) in [7, 11) is 0. The molecule has 0 N–H and O–H groups in total. The first-order valence-corrected chi connectivity index (χ1v) is 6.75. The minimum atomic E-state index is -0.255. The number of aromatic nitrogens is 3. The summed E-state index contributed by atoms with van der Waals surface area (Å²) in [5.74, 6) is -0.255. The fraction of sp³-hybridized carbons (Fsp3) is 0.118. The number of hydrogen-bond donors (Lipinski definition) is 0. The van der Waals surface area contributed by atoms with Crippen LogP contribution in [0.3, 0.4) is 0 Å². The van der Waals surface area contributed by atoms with E-state index in [0.717, 1.165) is 40.8 Å². The first-order chi connectivity index (χ1) is 10.3. The largest absolute Gasteiger partial charge is 0.244 e. The second-order valence-corrected chi connectivity index (χ2v) is 4.72. The first kappa shape index (κ1) is 13.4. The van der Waals surface area contributed by atoms with Crippen molar-refractivity contribution in [2.24, 2.45) is 0 Å². The SMILES string of the molecule is C=CCCc1ncnc2ccc(-c3ccc(F)cc3)nc12. The molecule has 0 fully saturated rings. The Morgan fingerprint density at radius 1 is 1.05 bits per heavy atom. The van der Waals surface area contributed by atoms with E-state index >= 15 is 0 Å². The lowest BCUT2D eigenvalue weighted by Gasteiger charge is -2.06. The number of nitrogens with zero attached hydrogens (tertiary/aromatic N) is 3. The number of rotatable bonds is 4. The maximum Gasteiger partial charge on any atom is 0.123 e. The molecule has 0 radical (unpaired) electrons. The van der Waals surface area contributed by atoms with Gasteiger partial charge in [0.05, 0.1) is 16.9 Å². The topological polar surface area (TPSA) is 38.7 Å². The van der Waals surface area contributed by atoms with Gasteiger partial charge in [0.1, 0.15) is 17.7 Å². The van der Waals surface area contributed by atoms with Crippen molar-refractivity contribution in [2.45, 2.75) is 12.8 Å². The van der Waals surface area contributed by atoms with Crippen molar-refractivity contribution in [3.05, 3.63) is 66.9 Å². The number of hydrogen-bond acceptors (Lipinski definition) is 3. The van der Waals surface area contributed by atoms with Gasteiger partial charge in [0, 0.05) is 5.56 Å². The average Bonchev–Trinajstić information content (AvgIpc) is 2.53. The third-order valence-corrected chi connectivity index (χ3v) is 3.28. The highest BCUT2D eigenvalue weighted by atomic mass is 19.1. The molecule has 3 nitrogen and oxygen atoms in total. The summed E-state index contributed by atoms with van der Waals surface area (Å²) in [6.07, 6.45) is 5.04. The molecule has 0 amide bonds. The van der Waals surface area contributed by atoms with E-state index in [1.165, 1.54) is 12.1 Å². The van der Waals surface area contributed by atoms with Gasteiger partial charge in [0.15, 0.2) is 0 Å². The minimum Gasteiger partial charge on any atom is -0.244 e. The van der Waals surface area contributed by atoms with Crippen LogP contribution in [-0.4, -0.2) is 15.0 Å². The average molecular weight is 279 g/mol. The van der Waals surface area contributed by atoms with E-state index in [-0.39, 0.29) is 5.82 Å². The summed E-state index contributed by atoms with van der Waals surface area (Å²) in [6.45, 7) is 3.73. The Morgan fingerprint density at radius 2 is 1.86 bits per heavy atom. The number of allylic oxidation sites excluding steroid dienone is 1. The van der Waals surface area contributed by atoms with Gasteiger partial charge in [-0.1, -0.05) is 6.08 Å². The highest BCUT2D eigenvalue weighted by Gasteiger charge is 2.07. The molecule has 0 saturated carbocycles. The summed E-state index contributed by atoms with van der Waals surface area (Å²) < 4.78 is 13.0. The predicted octanol–water partition coefficient (Wildman–Crippen LogP) is 3.95. The summed E-state index contributed by atoms with van der Waals surface area (Å²) in [5, 5.41) is 0. The molecular weight excluding hydrogens is 265 g/mol. The third-order valence-electron chi connectivity index (χ3n) is 3.28. The van der Waals surface area contributed by atoms with Crippen molar-refractivity contribution in [3.63, 3.8) is 0 Å². The zero-order chi connectivity index (χ0) is 14.7. The van der Waals surface area contributed by atoms with Gasteiger partial charge < -0.3 is 0 Å².